The van der Waals surface area contributed by atoms with Crippen molar-refractivity contribution in [3.8, 4) is 0 Å². The molecule has 4 heteroatoms. The highest BCUT2D eigenvalue weighted by Crippen LogP contribution is 2.20. The fourth-order valence-corrected chi connectivity index (χ4v) is 2.47. The monoisotopic (exact) mass is 251 g/mol. The third-order valence-corrected chi connectivity index (χ3v) is 3.49. The van der Waals surface area contributed by atoms with E-state index < -0.39 is 0 Å². The summed E-state index contributed by atoms with van der Waals surface area (Å²) in [6.07, 6.45) is 12.2. The van der Waals surface area contributed by atoms with Crippen molar-refractivity contribution in [1.29, 1.82) is 0 Å². The maximum Gasteiger partial charge on any atom is 0.0575 e. The molecule has 0 bridgehead atoms. The number of aromatic nitrogens is 2. The Labute approximate surface area is 110 Å². The Morgan fingerprint density at radius 1 is 1.39 bits per heavy atom. The first kappa shape index (κ1) is 13.6. The van der Waals surface area contributed by atoms with Crippen LogP contribution in [-0.2, 0) is 18.3 Å². The van der Waals surface area contributed by atoms with Gasteiger partial charge in [0, 0.05) is 32.0 Å². The highest BCUT2D eigenvalue weighted by atomic mass is 16.5. The number of ether oxygens (including phenoxy) is 1. The van der Waals surface area contributed by atoms with Crippen molar-refractivity contribution in [2.45, 2.75) is 51.2 Å². The van der Waals surface area contributed by atoms with Crippen molar-refractivity contribution in [3.63, 3.8) is 0 Å². The first-order chi connectivity index (χ1) is 8.84. The van der Waals surface area contributed by atoms with Gasteiger partial charge in [0.2, 0.25) is 0 Å². The lowest BCUT2D eigenvalue weighted by atomic mass is 9.98. The lowest BCUT2D eigenvalue weighted by molar-refractivity contribution is 0.0273. The molecule has 18 heavy (non-hydrogen) atoms. The summed E-state index contributed by atoms with van der Waals surface area (Å²) in [5.41, 5.74) is 1.24. The molecule has 1 N–H and O–H groups in total. The number of nitrogens with zero attached hydrogens (tertiary/aromatic N) is 2. The van der Waals surface area contributed by atoms with Gasteiger partial charge in [0.05, 0.1) is 12.3 Å². The fourth-order valence-electron chi connectivity index (χ4n) is 2.47. The van der Waals surface area contributed by atoms with E-state index in [0.29, 0.717) is 6.10 Å². The van der Waals surface area contributed by atoms with Gasteiger partial charge in [-0.15, -0.1) is 0 Å². The van der Waals surface area contributed by atoms with Crippen molar-refractivity contribution >= 4 is 0 Å². The molecular formula is C14H25N3O. The van der Waals surface area contributed by atoms with Gasteiger partial charge in [-0.3, -0.25) is 4.68 Å². The average molecular weight is 251 g/mol. The first-order valence-electron chi connectivity index (χ1n) is 7.14. The second-order valence-corrected chi connectivity index (χ2v) is 5.18. The van der Waals surface area contributed by atoms with E-state index in [1.54, 1.807) is 0 Å². The molecule has 0 radical (unpaired) electrons. The molecule has 1 aromatic heterocycles. The zero-order chi connectivity index (χ0) is 12.6. The van der Waals surface area contributed by atoms with Crippen molar-refractivity contribution in [2.24, 2.45) is 7.05 Å². The van der Waals surface area contributed by atoms with Crippen LogP contribution in [0, 0.1) is 0 Å². The molecule has 0 amide bonds. The van der Waals surface area contributed by atoms with Crippen LogP contribution in [0.25, 0.3) is 0 Å². The Balaban J connectivity index is 1.46. The maximum atomic E-state index is 5.88. The molecular weight excluding hydrogens is 226 g/mol. The van der Waals surface area contributed by atoms with Crippen LogP contribution in [0.3, 0.4) is 0 Å². The maximum absolute atomic E-state index is 5.88. The summed E-state index contributed by atoms with van der Waals surface area (Å²) in [5.74, 6) is 0. The quantitative estimate of drug-likeness (QED) is 0.755. The van der Waals surface area contributed by atoms with E-state index in [0.717, 1.165) is 26.1 Å². The fraction of sp³-hybridized carbons (Fsp3) is 0.786. The first-order valence-corrected chi connectivity index (χ1v) is 7.14. The lowest BCUT2D eigenvalue weighted by Crippen LogP contribution is -2.20. The number of hydrogen-bond donors (Lipinski definition) is 1. The molecule has 0 unspecified atom stereocenters. The summed E-state index contributed by atoms with van der Waals surface area (Å²) in [4.78, 5) is 0. The minimum absolute atomic E-state index is 0.539. The molecule has 102 valence electrons. The van der Waals surface area contributed by atoms with Crippen LogP contribution >= 0.6 is 0 Å². The van der Waals surface area contributed by atoms with Gasteiger partial charge in [-0.1, -0.05) is 19.3 Å². The van der Waals surface area contributed by atoms with Crippen molar-refractivity contribution in [3.05, 3.63) is 18.0 Å². The minimum atomic E-state index is 0.539. The van der Waals surface area contributed by atoms with Crippen molar-refractivity contribution in [1.82, 2.24) is 15.1 Å². The molecule has 1 aliphatic carbocycles. The lowest BCUT2D eigenvalue weighted by Gasteiger charge is -2.21. The highest BCUT2D eigenvalue weighted by molar-refractivity contribution is 5.02. The third kappa shape index (κ3) is 4.78. The molecule has 0 aliphatic heterocycles. The molecule has 1 saturated carbocycles. The summed E-state index contributed by atoms with van der Waals surface area (Å²) >= 11 is 0. The third-order valence-electron chi connectivity index (χ3n) is 3.49. The average Bonchev–Trinajstić information content (AvgIpc) is 2.81. The van der Waals surface area contributed by atoms with Crippen molar-refractivity contribution < 1.29 is 4.74 Å². The molecule has 1 heterocycles. The van der Waals surface area contributed by atoms with Crippen LogP contribution in [0.1, 0.15) is 44.1 Å². The summed E-state index contributed by atoms with van der Waals surface area (Å²) in [6.45, 7) is 2.81. The van der Waals surface area contributed by atoms with E-state index in [2.05, 4.69) is 10.4 Å². The summed E-state index contributed by atoms with van der Waals surface area (Å²) in [7, 11) is 1.95. The topological polar surface area (TPSA) is 39.1 Å². The zero-order valence-electron chi connectivity index (χ0n) is 11.4. The van der Waals surface area contributed by atoms with Gasteiger partial charge < -0.3 is 10.1 Å². The van der Waals surface area contributed by atoms with Gasteiger partial charge in [-0.25, -0.2) is 0 Å². The van der Waals surface area contributed by atoms with Gasteiger partial charge >= 0.3 is 0 Å². The van der Waals surface area contributed by atoms with Gasteiger partial charge in [-0.2, -0.15) is 5.10 Å². The van der Waals surface area contributed by atoms with Gasteiger partial charge in [0.15, 0.2) is 0 Å². The number of hydrogen-bond acceptors (Lipinski definition) is 3. The van der Waals surface area contributed by atoms with E-state index in [9.17, 15) is 0 Å². The number of rotatable bonds is 7. The SMILES string of the molecule is Cn1cc(CNCCCOC2CCCCC2)cn1. The van der Waals surface area contributed by atoms with Gasteiger partial charge in [0.1, 0.15) is 0 Å². The second-order valence-electron chi connectivity index (χ2n) is 5.18. The Kier molecular flexibility index (Phi) is 5.68. The molecule has 1 fully saturated rings. The molecule has 0 atom stereocenters. The Morgan fingerprint density at radius 3 is 2.94 bits per heavy atom. The Bertz CT molecular complexity index is 332. The molecule has 2 rings (SSSR count). The van der Waals surface area contributed by atoms with E-state index in [1.807, 2.05) is 24.1 Å². The normalized spacial score (nSPS) is 17.2. The molecule has 0 spiro atoms. The van der Waals surface area contributed by atoms with Crippen LogP contribution in [0.15, 0.2) is 12.4 Å². The molecule has 0 aromatic carbocycles. The van der Waals surface area contributed by atoms with Crippen LogP contribution in [0.4, 0.5) is 0 Å². The van der Waals surface area contributed by atoms with Crippen LogP contribution in [-0.4, -0.2) is 29.0 Å². The highest BCUT2D eigenvalue weighted by Gasteiger charge is 2.12. The van der Waals surface area contributed by atoms with Gasteiger partial charge in [0.25, 0.3) is 0 Å². The van der Waals surface area contributed by atoms with Crippen LogP contribution in [0.2, 0.25) is 0 Å². The van der Waals surface area contributed by atoms with E-state index in [-0.39, 0.29) is 0 Å². The van der Waals surface area contributed by atoms with Crippen molar-refractivity contribution in [2.75, 3.05) is 13.2 Å². The second kappa shape index (κ2) is 7.54. The molecule has 1 aliphatic rings. The Morgan fingerprint density at radius 2 is 2.22 bits per heavy atom. The van der Waals surface area contributed by atoms with E-state index in [1.165, 1.54) is 37.7 Å². The molecule has 1 aromatic rings. The smallest absolute Gasteiger partial charge is 0.0575 e. The largest absolute Gasteiger partial charge is 0.378 e. The zero-order valence-corrected chi connectivity index (χ0v) is 11.4. The molecule has 4 nitrogen and oxygen atoms in total. The Hall–Kier alpha value is -0.870. The summed E-state index contributed by atoms with van der Waals surface area (Å²) < 4.78 is 7.72. The number of aryl methyl sites for hydroxylation is 1. The summed E-state index contributed by atoms with van der Waals surface area (Å²) in [5, 5.41) is 7.56. The predicted octanol–water partition coefficient (Wildman–Crippen LogP) is 2.25. The van der Waals surface area contributed by atoms with Gasteiger partial charge in [-0.05, 0) is 25.8 Å². The predicted molar refractivity (Wildman–Crippen MR) is 72.4 cm³/mol. The minimum Gasteiger partial charge on any atom is -0.378 e. The van der Waals surface area contributed by atoms with Crippen LogP contribution < -0.4 is 5.32 Å². The number of nitrogens with one attached hydrogen (secondary N) is 1. The van der Waals surface area contributed by atoms with E-state index in [4.69, 9.17) is 4.74 Å². The van der Waals surface area contributed by atoms with E-state index >= 15 is 0 Å². The van der Waals surface area contributed by atoms with Crippen LogP contribution in [0.5, 0.6) is 0 Å². The summed E-state index contributed by atoms with van der Waals surface area (Å²) in [6, 6.07) is 0. The standard InChI is InChI=1S/C14H25N3O/c1-17-12-13(11-16-17)10-15-8-5-9-18-14-6-3-2-4-7-14/h11-12,14-15H,2-10H2,1H3. The molecule has 0 saturated heterocycles.